The largest absolute Gasteiger partial charge is 0.476 e. The summed E-state index contributed by atoms with van der Waals surface area (Å²) in [7, 11) is 3.51. The number of aryl methyl sites for hydroxylation is 1. The number of para-hydroxylation sites is 1. The number of nitrogens with zero attached hydrogens (tertiary/aromatic N) is 4. The summed E-state index contributed by atoms with van der Waals surface area (Å²) in [5.74, 6) is -0.985. The van der Waals surface area contributed by atoms with E-state index >= 15 is 0 Å². The zero-order chi connectivity index (χ0) is 16.6. The van der Waals surface area contributed by atoms with Crippen LogP contribution in [-0.4, -0.2) is 58.3 Å². The highest BCUT2D eigenvalue weighted by Gasteiger charge is 2.24. The second-order valence-electron chi connectivity index (χ2n) is 5.60. The summed E-state index contributed by atoms with van der Waals surface area (Å²) < 4.78 is 1.56. The summed E-state index contributed by atoms with van der Waals surface area (Å²) >= 11 is 0. The number of aromatic nitrogens is 2. The number of benzene rings is 1. The first-order chi connectivity index (χ1) is 11.0. The van der Waals surface area contributed by atoms with Crippen LogP contribution in [0.25, 0.3) is 11.3 Å². The van der Waals surface area contributed by atoms with Gasteiger partial charge in [-0.1, -0.05) is 18.2 Å². The van der Waals surface area contributed by atoms with Crippen molar-refractivity contribution in [3.63, 3.8) is 0 Å². The highest BCUT2D eigenvalue weighted by atomic mass is 16.4. The molecule has 7 heteroatoms. The Morgan fingerprint density at radius 2 is 1.96 bits per heavy atom. The van der Waals surface area contributed by atoms with Gasteiger partial charge < -0.3 is 14.9 Å². The first-order valence-electron chi connectivity index (χ1n) is 7.33. The highest BCUT2D eigenvalue weighted by molar-refractivity contribution is 5.89. The van der Waals surface area contributed by atoms with E-state index in [0.717, 1.165) is 17.8 Å². The molecular weight excluding hydrogens is 296 g/mol. The van der Waals surface area contributed by atoms with Gasteiger partial charge in [-0.15, -0.1) is 0 Å². The molecule has 23 heavy (non-hydrogen) atoms. The predicted molar refractivity (Wildman–Crippen MR) is 85.5 cm³/mol. The van der Waals surface area contributed by atoms with Crippen molar-refractivity contribution in [2.75, 3.05) is 31.6 Å². The molecule has 1 aliphatic heterocycles. The van der Waals surface area contributed by atoms with Crippen molar-refractivity contribution >= 4 is 17.6 Å². The van der Waals surface area contributed by atoms with Gasteiger partial charge in [0, 0.05) is 38.4 Å². The molecule has 1 aromatic carbocycles. The van der Waals surface area contributed by atoms with Gasteiger partial charge in [0.2, 0.25) is 5.91 Å². The third-order valence-corrected chi connectivity index (χ3v) is 4.08. The molecule has 1 N–H and O–H groups in total. The van der Waals surface area contributed by atoms with Crippen molar-refractivity contribution < 1.29 is 14.7 Å². The van der Waals surface area contributed by atoms with Gasteiger partial charge in [-0.05, 0) is 12.1 Å². The van der Waals surface area contributed by atoms with Gasteiger partial charge in [0.05, 0.1) is 12.2 Å². The van der Waals surface area contributed by atoms with Crippen LogP contribution >= 0.6 is 0 Å². The number of piperazine rings is 1. The van der Waals surface area contributed by atoms with Crippen molar-refractivity contribution in [3.8, 4) is 11.3 Å². The molecule has 0 saturated carbocycles. The maximum Gasteiger partial charge on any atom is 0.356 e. The summed E-state index contributed by atoms with van der Waals surface area (Å²) in [5, 5.41) is 13.1. The Morgan fingerprint density at radius 1 is 1.22 bits per heavy atom. The minimum absolute atomic E-state index is 0.00626. The Balaban J connectivity index is 2.02. The molecule has 0 radical (unpaired) electrons. The van der Waals surface area contributed by atoms with Gasteiger partial charge in [0.25, 0.3) is 0 Å². The molecule has 3 rings (SSSR count). The van der Waals surface area contributed by atoms with Crippen LogP contribution in [0.4, 0.5) is 5.69 Å². The lowest BCUT2D eigenvalue weighted by molar-refractivity contribution is -0.129. The molecule has 2 heterocycles. The van der Waals surface area contributed by atoms with E-state index in [9.17, 15) is 9.59 Å². The summed E-state index contributed by atoms with van der Waals surface area (Å²) in [6, 6.07) is 9.22. The van der Waals surface area contributed by atoms with Gasteiger partial charge in [0.15, 0.2) is 5.69 Å². The van der Waals surface area contributed by atoms with Crippen LogP contribution in [0.1, 0.15) is 10.5 Å². The Bertz CT molecular complexity index is 768. The Kier molecular flexibility index (Phi) is 3.77. The number of carbonyl (C=O) groups is 2. The number of carboxylic acids is 1. The third-order valence-electron chi connectivity index (χ3n) is 4.08. The van der Waals surface area contributed by atoms with E-state index in [2.05, 4.69) is 5.10 Å². The molecule has 1 fully saturated rings. The maximum atomic E-state index is 12.0. The summed E-state index contributed by atoms with van der Waals surface area (Å²) in [6.07, 6.45) is 0. The minimum atomic E-state index is -1.06. The summed E-state index contributed by atoms with van der Waals surface area (Å²) in [6.45, 7) is 1.72. The standard InChI is InChI=1S/C16H18N4O3/c1-18-7-8-20(10-15(18)21)13-6-4-3-5-11(13)14-9-12(16(22)23)17-19(14)2/h3-6,9H,7-8,10H2,1-2H3,(H,22,23). The molecule has 7 nitrogen and oxygen atoms in total. The van der Waals surface area contributed by atoms with Crippen LogP contribution in [-0.2, 0) is 11.8 Å². The number of carbonyl (C=O) groups excluding carboxylic acids is 1. The van der Waals surface area contributed by atoms with Crippen molar-refractivity contribution in [2.45, 2.75) is 0 Å². The number of carboxylic acid groups (broad SMARTS) is 1. The van der Waals surface area contributed by atoms with Gasteiger partial charge in [-0.2, -0.15) is 5.10 Å². The fourth-order valence-electron chi connectivity index (χ4n) is 2.75. The minimum Gasteiger partial charge on any atom is -0.476 e. The van der Waals surface area contributed by atoms with E-state index in [4.69, 9.17) is 5.11 Å². The topological polar surface area (TPSA) is 78.7 Å². The number of anilines is 1. The highest BCUT2D eigenvalue weighted by Crippen LogP contribution is 2.31. The molecule has 1 saturated heterocycles. The Labute approximate surface area is 133 Å². The first kappa shape index (κ1) is 15.1. The van der Waals surface area contributed by atoms with E-state index in [1.807, 2.05) is 29.2 Å². The quantitative estimate of drug-likeness (QED) is 0.916. The average molecular weight is 314 g/mol. The number of hydrogen-bond acceptors (Lipinski definition) is 4. The fraction of sp³-hybridized carbons (Fsp3) is 0.312. The molecule has 0 bridgehead atoms. The smallest absolute Gasteiger partial charge is 0.356 e. The molecule has 1 aromatic heterocycles. The maximum absolute atomic E-state index is 12.0. The molecular formula is C16H18N4O3. The lowest BCUT2D eigenvalue weighted by Crippen LogP contribution is -2.48. The van der Waals surface area contributed by atoms with Crippen molar-refractivity contribution in [3.05, 3.63) is 36.0 Å². The van der Waals surface area contributed by atoms with Crippen LogP contribution < -0.4 is 4.90 Å². The second-order valence-corrected chi connectivity index (χ2v) is 5.60. The molecule has 0 unspecified atom stereocenters. The lowest BCUT2D eigenvalue weighted by Gasteiger charge is -2.34. The molecule has 0 spiro atoms. The van der Waals surface area contributed by atoms with Crippen LogP contribution in [0.2, 0.25) is 0 Å². The van der Waals surface area contributed by atoms with Gasteiger partial charge in [-0.25, -0.2) is 4.79 Å². The van der Waals surface area contributed by atoms with Gasteiger partial charge >= 0.3 is 5.97 Å². The molecule has 1 aliphatic rings. The zero-order valence-corrected chi connectivity index (χ0v) is 13.1. The van der Waals surface area contributed by atoms with Crippen LogP contribution in [0.3, 0.4) is 0 Å². The lowest BCUT2D eigenvalue weighted by atomic mass is 10.1. The second kappa shape index (κ2) is 5.75. The van der Waals surface area contributed by atoms with Crippen molar-refractivity contribution in [1.29, 1.82) is 0 Å². The summed E-state index contributed by atoms with van der Waals surface area (Å²) in [4.78, 5) is 26.8. The van der Waals surface area contributed by atoms with Crippen molar-refractivity contribution in [1.82, 2.24) is 14.7 Å². The zero-order valence-electron chi connectivity index (χ0n) is 13.1. The summed E-state index contributed by atoms with van der Waals surface area (Å²) in [5.41, 5.74) is 2.50. The molecule has 120 valence electrons. The number of rotatable bonds is 3. The number of likely N-dealkylation sites (N-methyl/N-ethyl adjacent to an activating group) is 1. The number of aromatic carboxylic acids is 1. The third kappa shape index (κ3) is 2.77. The van der Waals surface area contributed by atoms with Crippen LogP contribution in [0, 0.1) is 0 Å². The first-order valence-corrected chi connectivity index (χ1v) is 7.33. The Hall–Kier alpha value is -2.83. The molecule has 1 amide bonds. The number of amides is 1. The van der Waals surface area contributed by atoms with Gasteiger partial charge in [-0.3, -0.25) is 9.48 Å². The van der Waals surface area contributed by atoms with Crippen molar-refractivity contribution in [2.24, 2.45) is 7.05 Å². The number of hydrogen-bond donors (Lipinski definition) is 1. The average Bonchev–Trinajstić information content (AvgIpc) is 2.92. The molecule has 0 atom stereocenters. The molecule has 2 aromatic rings. The normalized spacial score (nSPS) is 15.1. The Morgan fingerprint density at radius 3 is 2.61 bits per heavy atom. The van der Waals surface area contributed by atoms with E-state index in [-0.39, 0.29) is 11.6 Å². The predicted octanol–water partition coefficient (Wildman–Crippen LogP) is 1.06. The SMILES string of the molecule is CN1CCN(c2ccccc2-c2cc(C(=O)O)nn2C)CC1=O. The molecule has 0 aliphatic carbocycles. The van der Waals surface area contributed by atoms with E-state index in [0.29, 0.717) is 18.8 Å². The van der Waals surface area contributed by atoms with E-state index in [1.165, 1.54) is 0 Å². The van der Waals surface area contributed by atoms with Gasteiger partial charge in [0.1, 0.15) is 0 Å². The van der Waals surface area contributed by atoms with Crippen LogP contribution in [0.5, 0.6) is 0 Å². The monoisotopic (exact) mass is 314 g/mol. The van der Waals surface area contributed by atoms with E-state index < -0.39 is 5.97 Å². The van der Waals surface area contributed by atoms with Crippen LogP contribution in [0.15, 0.2) is 30.3 Å². The van der Waals surface area contributed by atoms with E-state index in [1.54, 1.807) is 29.7 Å². The fourth-order valence-corrected chi connectivity index (χ4v) is 2.75.